The Morgan fingerprint density at radius 1 is 0.852 bits per heavy atom. The molecule has 11 heteroatoms. The van der Waals surface area contributed by atoms with Crippen LogP contribution in [-0.2, 0) is 24.0 Å². The van der Waals surface area contributed by atoms with E-state index in [4.69, 9.17) is 16.6 Å². The molecule has 0 aromatic rings. The Hall–Kier alpha value is -2.69. The van der Waals surface area contributed by atoms with Crippen molar-refractivity contribution in [3.8, 4) is 0 Å². The Balaban J connectivity index is 4.67. The van der Waals surface area contributed by atoms with E-state index in [1.807, 2.05) is 0 Å². The van der Waals surface area contributed by atoms with Crippen LogP contribution in [0.5, 0.6) is 0 Å². The molecule has 154 valence electrons. The van der Waals surface area contributed by atoms with Crippen LogP contribution < -0.4 is 27.4 Å². The Kier molecular flexibility index (Phi) is 10.0. The normalized spacial score (nSPS) is 15.2. The number of carboxylic acids is 1. The molecule has 0 aliphatic rings. The monoisotopic (exact) mass is 387 g/mol. The summed E-state index contributed by atoms with van der Waals surface area (Å²) >= 11 is 0. The highest BCUT2D eigenvalue weighted by molar-refractivity contribution is 5.93. The summed E-state index contributed by atoms with van der Waals surface area (Å²) in [5.41, 5.74) is 10.7. The summed E-state index contributed by atoms with van der Waals surface area (Å²) in [6.45, 7) is 6.31. The molecule has 0 bridgehead atoms. The van der Waals surface area contributed by atoms with Gasteiger partial charge in [-0.3, -0.25) is 19.2 Å². The van der Waals surface area contributed by atoms with Crippen molar-refractivity contribution in [3.63, 3.8) is 0 Å². The van der Waals surface area contributed by atoms with Crippen LogP contribution in [0.2, 0.25) is 0 Å². The van der Waals surface area contributed by atoms with Crippen molar-refractivity contribution in [1.82, 2.24) is 16.0 Å². The van der Waals surface area contributed by atoms with E-state index in [2.05, 4.69) is 16.0 Å². The molecule has 27 heavy (non-hydrogen) atoms. The second-order valence-electron chi connectivity index (χ2n) is 6.63. The molecule has 4 amide bonds. The first-order valence-corrected chi connectivity index (χ1v) is 8.54. The molecule has 0 spiro atoms. The molecule has 8 N–H and O–H groups in total. The zero-order valence-corrected chi connectivity index (χ0v) is 15.9. The highest BCUT2D eigenvalue weighted by Gasteiger charge is 2.27. The van der Waals surface area contributed by atoms with E-state index >= 15 is 0 Å². The number of carbonyl (C=O) groups excluding carboxylic acids is 4. The van der Waals surface area contributed by atoms with Gasteiger partial charge < -0.3 is 32.5 Å². The van der Waals surface area contributed by atoms with Gasteiger partial charge in [0.15, 0.2) is 0 Å². The average molecular weight is 387 g/mol. The Bertz CT molecular complexity index is 580. The van der Waals surface area contributed by atoms with Crippen LogP contribution in [0.1, 0.15) is 40.5 Å². The number of nitrogens with one attached hydrogen (secondary N) is 3. The number of carbonyl (C=O) groups is 5. The first-order valence-electron chi connectivity index (χ1n) is 8.54. The van der Waals surface area contributed by atoms with Crippen molar-refractivity contribution in [2.75, 3.05) is 0 Å². The molecule has 0 heterocycles. The smallest absolute Gasteiger partial charge is 0.326 e. The fourth-order valence-electron chi connectivity index (χ4n) is 1.92. The predicted molar refractivity (Wildman–Crippen MR) is 96.0 cm³/mol. The van der Waals surface area contributed by atoms with Crippen molar-refractivity contribution in [1.29, 1.82) is 0 Å². The third-order valence-corrected chi connectivity index (χ3v) is 3.82. The highest BCUT2D eigenvalue weighted by atomic mass is 16.4. The molecule has 0 aliphatic carbocycles. The van der Waals surface area contributed by atoms with Crippen molar-refractivity contribution in [3.05, 3.63) is 0 Å². The van der Waals surface area contributed by atoms with E-state index < -0.39 is 53.8 Å². The lowest BCUT2D eigenvalue weighted by Crippen LogP contribution is -2.56. The minimum Gasteiger partial charge on any atom is -0.480 e. The quantitative estimate of drug-likeness (QED) is 0.232. The van der Waals surface area contributed by atoms with Crippen LogP contribution in [0.25, 0.3) is 0 Å². The van der Waals surface area contributed by atoms with Crippen LogP contribution in [0.3, 0.4) is 0 Å². The third-order valence-electron chi connectivity index (χ3n) is 3.82. The number of aliphatic carboxylic acids is 1. The predicted octanol–water partition coefficient (Wildman–Crippen LogP) is -2.19. The van der Waals surface area contributed by atoms with Gasteiger partial charge in [0.1, 0.15) is 18.1 Å². The highest BCUT2D eigenvalue weighted by Crippen LogP contribution is 2.00. The molecular formula is C16H29N5O6. The third kappa shape index (κ3) is 8.99. The summed E-state index contributed by atoms with van der Waals surface area (Å²) in [6, 6.07) is -4.10. The number of nitrogens with two attached hydrogens (primary N) is 2. The van der Waals surface area contributed by atoms with Crippen molar-refractivity contribution < 1.29 is 29.1 Å². The van der Waals surface area contributed by atoms with E-state index in [0.29, 0.717) is 0 Å². The molecular weight excluding hydrogens is 358 g/mol. The molecule has 0 saturated heterocycles. The maximum absolute atomic E-state index is 12.1. The van der Waals surface area contributed by atoms with Gasteiger partial charge in [-0.25, -0.2) is 4.79 Å². The Labute approximate surface area is 157 Å². The lowest BCUT2D eigenvalue weighted by atomic mass is 10.0. The van der Waals surface area contributed by atoms with Crippen LogP contribution in [-0.4, -0.2) is 58.9 Å². The lowest BCUT2D eigenvalue weighted by molar-refractivity contribution is -0.142. The molecule has 0 unspecified atom stereocenters. The molecule has 0 aromatic carbocycles. The Morgan fingerprint density at radius 2 is 1.30 bits per heavy atom. The fourth-order valence-corrected chi connectivity index (χ4v) is 1.92. The maximum Gasteiger partial charge on any atom is 0.326 e. The topological polar surface area (TPSA) is 194 Å². The molecule has 11 nitrogen and oxygen atoms in total. The van der Waals surface area contributed by atoms with E-state index in [1.165, 1.54) is 13.8 Å². The number of rotatable bonds is 11. The van der Waals surface area contributed by atoms with Gasteiger partial charge in [-0.2, -0.15) is 0 Å². The number of carboxylic acid groups (broad SMARTS) is 1. The fraction of sp³-hybridized carbons (Fsp3) is 0.688. The van der Waals surface area contributed by atoms with Gasteiger partial charge in [-0.05, 0) is 26.2 Å². The molecule has 0 radical (unpaired) electrons. The summed E-state index contributed by atoms with van der Waals surface area (Å²) in [5.74, 6) is -4.02. The van der Waals surface area contributed by atoms with E-state index in [-0.39, 0.29) is 18.8 Å². The van der Waals surface area contributed by atoms with Crippen molar-refractivity contribution in [2.24, 2.45) is 17.4 Å². The largest absolute Gasteiger partial charge is 0.480 e. The van der Waals surface area contributed by atoms with Gasteiger partial charge in [-0.1, -0.05) is 13.8 Å². The first kappa shape index (κ1) is 24.3. The molecule has 4 atom stereocenters. The zero-order valence-electron chi connectivity index (χ0n) is 15.9. The summed E-state index contributed by atoms with van der Waals surface area (Å²) in [4.78, 5) is 57.9. The number of primary amides is 1. The van der Waals surface area contributed by atoms with E-state index in [9.17, 15) is 24.0 Å². The lowest BCUT2D eigenvalue weighted by Gasteiger charge is -2.22. The first-order chi connectivity index (χ1) is 12.4. The average Bonchev–Trinajstić information content (AvgIpc) is 2.56. The molecule has 0 fully saturated rings. The van der Waals surface area contributed by atoms with Gasteiger partial charge in [0, 0.05) is 6.42 Å². The van der Waals surface area contributed by atoms with Gasteiger partial charge in [-0.15, -0.1) is 0 Å². The van der Waals surface area contributed by atoms with Crippen molar-refractivity contribution >= 4 is 29.6 Å². The minimum atomic E-state index is -1.33. The summed E-state index contributed by atoms with van der Waals surface area (Å²) < 4.78 is 0. The minimum absolute atomic E-state index is 0.113. The summed E-state index contributed by atoms with van der Waals surface area (Å²) in [7, 11) is 0. The van der Waals surface area contributed by atoms with Crippen LogP contribution in [0, 0.1) is 5.92 Å². The summed E-state index contributed by atoms with van der Waals surface area (Å²) in [6.07, 6.45) is -0.381. The zero-order chi connectivity index (χ0) is 21.3. The Morgan fingerprint density at radius 3 is 1.70 bits per heavy atom. The molecule has 0 aliphatic heterocycles. The molecule has 0 saturated carbocycles. The van der Waals surface area contributed by atoms with Crippen LogP contribution >= 0.6 is 0 Å². The second kappa shape index (κ2) is 11.1. The van der Waals surface area contributed by atoms with Gasteiger partial charge in [0.2, 0.25) is 23.6 Å². The van der Waals surface area contributed by atoms with Gasteiger partial charge in [0.25, 0.3) is 0 Å². The second-order valence-corrected chi connectivity index (χ2v) is 6.63. The number of hydrogen-bond acceptors (Lipinski definition) is 6. The van der Waals surface area contributed by atoms with Crippen molar-refractivity contribution in [2.45, 2.75) is 64.7 Å². The van der Waals surface area contributed by atoms with Gasteiger partial charge in [0.05, 0.1) is 6.04 Å². The summed E-state index contributed by atoms with van der Waals surface area (Å²) in [5, 5.41) is 16.1. The standard InChI is InChI=1S/C16H29N5O6/c1-7(2)12(18)15(25)20-8(3)13(23)19-9(4)14(24)21-10(16(26)27)5-6-11(17)22/h7-10,12H,5-6,18H2,1-4H3,(H2,17,22)(H,19,23)(H,20,25)(H,21,24)(H,26,27)/t8-,9-,10-,12-/m0/s1. The maximum atomic E-state index is 12.1. The van der Waals surface area contributed by atoms with E-state index in [1.54, 1.807) is 13.8 Å². The number of amides is 4. The molecule has 0 rings (SSSR count). The van der Waals surface area contributed by atoms with Gasteiger partial charge >= 0.3 is 5.97 Å². The SMILES string of the molecule is CC(C)[C@H](N)C(=O)N[C@@H](C)C(=O)N[C@@H](C)C(=O)N[C@@H](CCC(N)=O)C(=O)O. The number of hydrogen-bond donors (Lipinski definition) is 6. The van der Waals surface area contributed by atoms with E-state index in [0.717, 1.165) is 0 Å². The van der Waals surface area contributed by atoms with Crippen LogP contribution in [0.4, 0.5) is 0 Å². The molecule has 0 aromatic heterocycles. The van der Waals surface area contributed by atoms with Crippen LogP contribution in [0.15, 0.2) is 0 Å².